The first-order valence-corrected chi connectivity index (χ1v) is 7.05. The third-order valence-corrected chi connectivity index (χ3v) is 3.25. The monoisotopic (exact) mass is 293 g/mol. The molecule has 3 rings (SSSR count). The van der Waals surface area contributed by atoms with E-state index < -0.39 is 0 Å². The van der Waals surface area contributed by atoms with Crippen LogP contribution < -0.4 is 0 Å². The van der Waals surface area contributed by atoms with Crippen molar-refractivity contribution >= 4 is 16.9 Å². The highest BCUT2D eigenvalue weighted by atomic mass is 16.5. The molecule has 0 spiro atoms. The molecule has 0 aliphatic heterocycles. The zero-order valence-electron chi connectivity index (χ0n) is 12.4. The standard InChI is InChI=1S/C17H15N3O2/c1-3-22-17(21)12-5-6-15-13(10-12)14(9-11(2)20-15)16-18-7-4-8-19-16/h4-10H,3H2,1-2H3. The lowest BCUT2D eigenvalue weighted by Crippen LogP contribution is -2.04. The number of rotatable bonds is 3. The van der Waals surface area contributed by atoms with Crippen LogP contribution in [0.5, 0.6) is 0 Å². The van der Waals surface area contributed by atoms with Crippen LogP contribution in [0.1, 0.15) is 23.0 Å². The van der Waals surface area contributed by atoms with E-state index in [0.29, 0.717) is 18.0 Å². The molecule has 1 aromatic carbocycles. The number of pyridine rings is 1. The summed E-state index contributed by atoms with van der Waals surface area (Å²) in [5.74, 6) is 0.268. The first-order chi connectivity index (χ1) is 10.7. The van der Waals surface area contributed by atoms with Crippen molar-refractivity contribution in [3.8, 4) is 11.4 Å². The summed E-state index contributed by atoms with van der Waals surface area (Å²) in [5.41, 5.74) is 3.03. The van der Waals surface area contributed by atoms with E-state index in [1.54, 1.807) is 37.5 Å². The molecule has 0 aliphatic rings. The molecule has 0 N–H and O–H groups in total. The number of hydrogen-bond donors (Lipinski definition) is 0. The molecule has 110 valence electrons. The van der Waals surface area contributed by atoms with Gasteiger partial charge >= 0.3 is 5.97 Å². The van der Waals surface area contributed by atoms with E-state index in [9.17, 15) is 4.79 Å². The molecule has 2 heterocycles. The van der Waals surface area contributed by atoms with Crippen LogP contribution in [0.25, 0.3) is 22.3 Å². The van der Waals surface area contributed by atoms with Crippen molar-refractivity contribution < 1.29 is 9.53 Å². The van der Waals surface area contributed by atoms with Crippen LogP contribution in [0.15, 0.2) is 42.7 Å². The fraction of sp³-hybridized carbons (Fsp3) is 0.176. The van der Waals surface area contributed by atoms with Gasteiger partial charge in [0, 0.05) is 29.0 Å². The van der Waals surface area contributed by atoms with E-state index in [-0.39, 0.29) is 5.97 Å². The second-order valence-corrected chi connectivity index (χ2v) is 4.84. The molecule has 0 bridgehead atoms. The number of aromatic nitrogens is 3. The summed E-state index contributed by atoms with van der Waals surface area (Å²) >= 11 is 0. The Balaban J connectivity index is 2.22. The van der Waals surface area contributed by atoms with Crippen molar-refractivity contribution in [3.05, 3.63) is 54.0 Å². The molecule has 0 saturated carbocycles. The van der Waals surface area contributed by atoms with Crippen molar-refractivity contribution in [1.29, 1.82) is 0 Å². The minimum absolute atomic E-state index is 0.343. The van der Waals surface area contributed by atoms with Gasteiger partial charge in [0.2, 0.25) is 0 Å². The average Bonchev–Trinajstić information content (AvgIpc) is 2.54. The van der Waals surface area contributed by atoms with Crippen molar-refractivity contribution in [2.45, 2.75) is 13.8 Å². The fourth-order valence-corrected chi connectivity index (χ4v) is 2.32. The molecular weight excluding hydrogens is 278 g/mol. The Morgan fingerprint density at radius 1 is 1.18 bits per heavy atom. The van der Waals surface area contributed by atoms with Crippen LogP contribution in [0, 0.1) is 6.92 Å². The summed E-state index contributed by atoms with van der Waals surface area (Å²) in [6.45, 7) is 4.05. The SMILES string of the molecule is CCOC(=O)c1ccc2nc(C)cc(-c3ncccn3)c2c1. The third-order valence-electron chi connectivity index (χ3n) is 3.25. The van der Waals surface area contributed by atoms with Gasteiger partial charge in [-0.3, -0.25) is 4.98 Å². The van der Waals surface area contributed by atoms with E-state index in [0.717, 1.165) is 22.2 Å². The number of fused-ring (bicyclic) bond motifs is 1. The fourth-order valence-electron chi connectivity index (χ4n) is 2.32. The van der Waals surface area contributed by atoms with Crippen LogP contribution in [-0.2, 0) is 4.74 Å². The van der Waals surface area contributed by atoms with E-state index in [4.69, 9.17) is 4.74 Å². The first-order valence-electron chi connectivity index (χ1n) is 7.05. The van der Waals surface area contributed by atoms with Crippen molar-refractivity contribution in [1.82, 2.24) is 15.0 Å². The summed E-state index contributed by atoms with van der Waals surface area (Å²) in [6.07, 6.45) is 3.39. The maximum absolute atomic E-state index is 11.9. The Morgan fingerprint density at radius 2 is 1.95 bits per heavy atom. The molecule has 0 aliphatic carbocycles. The lowest BCUT2D eigenvalue weighted by molar-refractivity contribution is 0.0526. The second-order valence-electron chi connectivity index (χ2n) is 4.84. The third kappa shape index (κ3) is 2.65. The predicted molar refractivity (Wildman–Crippen MR) is 83.5 cm³/mol. The van der Waals surface area contributed by atoms with Gasteiger partial charge in [0.1, 0.15) is 0 Å². The number of hydrogen-bond acceptors (Lipinski definition) is 5. The van der Waals surface area contributed by atoms with Crippen molar-refractivity contribution in [2.75, 3.05) is 6.61 Å². The Hall–Kier alpha value is -2.82. The Kier molecular flexibility index (Phi) is 3.78. The van der Waals surface area contributed by atoms with Crippen LogP contribution in [0.4, 0.5) is 0 Å². The van der Waals surface area contributed by atoms with Gasteiger partial charge < -0.3 is 4.74 Å². The number of aryl methyl sites for hydroxylation is 1. The largest absolute Gasteiger partial charge is 0.462 e. The molecule has 0 unspecified atom stereocenters. The first kappa shape index (κ1) is 14.1. The number of nitrogens with zero attached hydrogens (tertiary/aromatic N) is 3. The molecule has 0 atom stereocenters. The highest BCUT2D eigenvalue weighted by molar-refractivity contribution is 5.99. The molecule has 0 amide bonds. The number of esters is 1. The maximum Gasteiger partial charge on any atom is 0.338 e. The minimum Gasteiger partial charge on any atom is -0.462 e. The van der Waals surface area contributed by atoms with Gasteiger partial charge in [-0.1, -0.05) is 0 Å². The maximum atomic E-state index is 11.9. The highest BCUT2D eigenvalue weighted by Gasteiger charge is 2.12. The van der Waals surface area contributed by atoms with E-state index >= 15 is 0 Å². The predicted octanol–water partition coefficient (Wildman–Crippen LogP) is 3.18. The quantitative estimate of drug-likeness (QED) is 0.694. The average molecular weight is 293 g/mol. The van der Waals surface area contributed by atoms with Gasteiger partial charge in [-0.05, 0) is 44.2 Å². The molecule has 22 heavy (non-hydrogen) atoms. The summed E-state index contributed by atoms with van der Waals surface area (Å²) < 4.78 is 5.06. The Morgan fingerprint density at radius 3 is 2.68 bits per heavy atom. The van der Waals surface area contributed by atoms with Crippen LogP contribution in [0.2, 0.25) is 0 Å². The Bertz CT molecular complexity index is 832. The normalized spacial score (nSPS) is 10.6. The van der Waals surface area contributed by atoms with E-state index in [1.807, 2.05) is 19.1 Å². The van der Waals surface area contributed by atoms with Gasteiger partial charge in [0.05, 0.1) is 17.7 Å². The second kappa shape index (κ2) is 5.89. The van der Waals surface area contributed by atoms with Gasteiger partial charge in [-0.25, -0.2) is 14.8 Å². The molecule has 3 aromatic rings. The topological polar surface area (TPSA) is 65.0 Å². The number of carbonyl (C=O) groups excluding carboxylic acids is 1. The summed E-state index contributed by atoms with van der Waals surface area (Å²) in [7, 11) is 0. The van der Waals surface area contributed by atoms with E-state index in [2.05, 4.69) is 15.0 Å². The molecule has 5 nitrogen and oxygen atoms in total. The van der Waals surface area contributed by atoms with E-state index in [1.165, 1.54) is 0 Å². The highest BCUT2D eigenvalue weighted by Crippen LogP contribution is 2.27. The number of carbonyl (C=O) groups is 1. The molecule has 0 saturated heterocycles. The molecule has 5 heteroatoms. The van der Waals surface area contributed by atoms with Gasteiger partial charge in [0.15, 0.2) is 5.82 Å². The Labute approximate surface area is 128 Å². The van der Waals surface area contributed by atoms with Crippen LogP contribution in [-0.4, -0.2) is 27.5 Å². The van der Waals surface area contributed by atoms with Crippen molar-refractivity contribution in [3.63, 3.8) is 0 Å². The summed E-state index contributed by atoms with van der Waals surface area (Å²) in [4.78, 5) is 25.0. The minimum atomic E-state index is -0.343. The number of ether oxygens (including phenoxy) is 1. The van der Waals surface area contributed by atoms with Gasteiger partial charge in [-0.15, -0.1) is 0 Å². The van der Waals surface area contributed by atoms with Crippen molar-refractivity contribution in [2.24, 2.45) is 0 Å². The van der Waals surface area contributed by atoms with Gasteiger partial charge in [0.25, 0.3) is 0 Å². The molecular formula is C17H15N3O2. The smallest absolute Gasteiger partial charge is 0.338 e. The number of benzene rings is 1. The van der Waals surface area contributed by atoms with Crippen LogP contribution >= 0.6 is 0 Å². The molecule has 0 fully saturated rings. The summed E-state index contributed by atoms with van der Waals surface area (Å²) in [5, 5.41) is 0.836. The molecule has 2 aromatic heterocycles. The van der Waals surface area contributed by atoms with Crippen LogP contribution in [0.3, 0.4) is 0 Å². The van der Waals surface area contributed by atoms with Gasteiger partial charge in [-0.2, -0.15) is 0 Å². The lowest BCUT2D eigenvalue weighted by atomic mass is 10.0. The lowest BCUT2D eigenvalue weighted by Gasteiger charge is -2.08. The summed E-state index contributed by atoms with van der Waals surface area (Å²) in [6, 6.07) is 9.02. The zero-order chi connectivity index (χ0) is 15.5. The molecule has 0 radical (unpaired) electrons. The zero-order valence-corrected chi connectivity index (χ0v) is 12.4.